The predicted molar refractivity (Wildman–Crippen MR) is 127 cm³/mol. The normalized spacial score (nSPS) is 21.2. The number of morpholine rings is 1. The fourth-order valence-corrected chi connectivity index (χ4v) is 4.79. The molecule has 1 unspecified atom stereocenters. The first-order valence-electron chi connectivity index (χ1n) is 11.8. The highest BCUT2D eigenvalue weighted by Crippen LogP contribution is 2.28. The molecule has 1 aromatic carbocycles. The number of anilines is 3. The van der Waals surface area contributed by atoms with Crippen LogP contribution in [0.25, 0.3) is 0 Å². The van der Waals surface area contributed by atoms with Gasteiger partial charge in [-0.05, 0) is 24.3 Å². The Morgan fingerprint density at radius 3 is 2.44 bits per heavy atom. The zero-order valence-electron chi connectivity index (χ0n) is 19.4. The second-order valence-electron chi connectivity index (χ2n) is 8.79. The van der Waals surface area contributed by atoms with Crippen LogP contribution in [0, 0.1) is 5.92 Å². The van der Waals surface area contributed by atoms with Gasteiger partial charge in [-0.15, -0.1) is 5.10 Å². The maximum absolute atomic E-state index is 13.2. The lowest BCUT2D eigenvalue weighted by atomic mass is 10.1. The van der Waals surface area contributed by atoms with Gasteiger partial charge < -0.3 is 29.1 Å². The highest BCUT2D eigenvalue weighted by molar-refractivity contribution is 6.00. The molecular weight excluding hydrogens is 436 g/mol. The topological polar surface area (TPSA) is 91.3 Å². The van der Waals surface area contributed by atoms with Crippen LogP contribution in [0.5, 0.6) is 5.75 Å². The first kappa shape index (κ1) is 22.4. The minimum atomic E-state index is -0.309. The van der Waals surface area contributed by atoms with Crippen LogP contribution in [0.2, 0.25) is 0 Å². The Morgan fingerprint density at radius 1 is 1.00 bits per heavy atom. The molecule has 10 nitrogen and oxygen atoms in total. The minimum Gasteiger partial charge on any atom is -0.497 e. The van der Waals surface area contributed by atoms with E-state index in [4.69, 9.17) is 9.47 Å². The van der Waals surface area contributed by atoms with E-state index in [0.29, 0.717) is 32.8 Å². The van der Waals surface area contributed by atoms with Crippen LogP contribution < -0.4 is 19.4 Å². The van der Waals surface area contributed by atoms with Gasteiger partial charge in [-0.1, -0.05) is 0 Å². The van der Waals surface area contributed by atoms with Crippen molar-refractivity contribution in [2.24, 2.45) is 5.92 Å². The Balaban J connectivity index is 1.17. The largest absolute Gasteiger partial charge is 0.497 e. The van der Waals surface area contributed by atoms with Gasteiger partial charge in [0.25, 0.3) is 0 Å². The predicted octanol–water partition coefficient (Wildman–Crippen LogP) is 1.02. The first-order valence-corrected chi connectivity index (χ1v) is 11.8. The van der Waals surface area contributed by atoms with Crippen molar-refractivity contribution < 1.29 is 19.1 Å². The van der Waals surface area contributed by atoms with Crippen LogP contribution in [0.1, 0.15) is 6.42 Å². The Kier molecular flexibility index (Phi) is 6.48. The molecule has 2 amide bonds. The van der Waals surface area contributed by atoms with Gasteiger partial charge in [0.1, 0.15) is 5.75 Å². The van der Waals surface area contributed by atoms with Gasteiger partial charge in [-0.2, -0.15) is 5.10 Å². The maximum atomic E-state index is 13.2. The SMILES string of the molecule is COc1ccc(N2CC(C(=O)N3CCN(c4cnnc(N5CCOCC5)c4)CC3)CC2=O)cc1. The third kappa shape index (κ3) is 4.63. The standard InChI is InChI=1S/C24H30N6O4/c1-33-21-4-2-19(3-5-21)30-17-18(14-23(30)31)24(32)29-8-6-27(7-9-29)20-15-22(26-25-16-20)28-10-12-34-13-11-28/h2-5,15-16,18H,6-14,17H2,1H3. The summed E-state index contributed by atoms with van der Waals surface area (Å²) in [4.78, 5) is 33.8. The van der Waals surface area contributed by atoms with Gasteiger partial charge in [-0.3, -0.25) is 9.59 Å². The first-order chi connectivity index (χ1) is 16.6. The van der Waals surface area contributed by atoms with E-state index in [1.54, 1.807) is 18.2 Å². The van der Waals surface area contributed by atoms with Crippen LogP contribution >= 0.6 is 0 Å². The molecule has 3 saturated heterocycles. The van der Waals surface area contributed by atoms with Crippen molar-refractivity contribution in [3.8, 4) is 5.75 Å². The van der Waals surface area contributed by atoms with E-state index in [1.165, 1.54) is 0 Å². The number of hydrogen-bond acceptors (Lipinski definition) is 8. The second-order valence-corrected chi connectivity index (χ2v) is 8.79. The molecule has 180 valence electrons. The summed E-state index contributed by atoms with van der Waals surface area (Å²) < 4.78 is 10.6. The number of carbonyl (C=O) groups is 2. The van der Waals surface area contributed by atoms with Gasteiger partial charge in [0.05, 0.1) is 38.1 Å². The van der Waals surface area contributed by atoms with E-state index in [1.807, 2.05) is 29.2 Å². The highest BCUT2D eigenvalue weighted by Gasteiger charge is 2.38. The van der Waals surface area contributed by atoms with Crippen molar-refractivity contribution in [2.45, 2.75) is 6.42 Å². The summed E-state index contributed by atoms with van der Waals surface area (Å²) in [5.74, 6) is 1.34. The molecule has 10 heteroatoms. The second kappa shape index (κ2) is 9.84. The number of aromatic nitrogens is 2. The molecule has 0 bridgehead atoms. The molecule has 4 heterocycles. The number of amides is 2. The molecule has 5 rings (SSSR count). The summed E-state index contributed by atoms with van der Waals surface area (Å²) in [6.07, 6.45) is 2.03. The molecule has 0 saturated carbocycles. The number of carbonyl (C=O) groups excluding carboxylic acids is 2. The summed E-state index contributed by atoms with van der Waals surface area (Å²) >= 11 is 0. The van der Waals surface area contributed by atoms with Crippen molar-refractivity contribution in [1.29, 1.82) is 0 Å². The summed E-state index contributed by atoms with van der Waals surface area (Å²) in [7, 11) is 1.61. The maximum Gasteiger partial charge on any atom is 0.228 e. The van der Waals surface area contributed by atoms with Crippen molar-refractivity contribution in [3.05, 3.63) is 36.5 Å². The van der Waals surface area contributed by atoms with Crippen LogP contribution in [-0.4, -0.2) is 93.0 Å². The third-order valence-electron chi connectivity index (χ3n) is 6.78. The van der Waals surface area contributed by atoms with Crippen LogP contribution in [0.3, 0.4) is 0 Å². The number of nitrogens with zero attached hydrogens (tertiary/aromatic N) is 6. The Morgan fingerprint density at radius 2 is 1.74 bits per heavy atom. The molecule has 0 N–H and O–H groups in total. The van der Waals surface area contributed by atoms with Crippen LogP contribution in [0.15, 0.2) is 36.5 Å². The Labute approximate surface area is 199 Å². The van der Waals surface area contributed by atoms with E-state index in [9.17, 15) is 9.59 Å². The number of methoxy groups -OCH3 is 1. The molecule has 0 aliphatic carbocycles. The smallest absolute Gasteiger partial charge is 0.228 e. The molecule has 3 aliphatic rings. The van der Waals surface area contributed by atoms with E-state index < -0.39 is 0 Å². The summed E-state index contributed by atoms with van der Waals surface area (Å²) in [5.41, 5.74) is 1.82. The fraction of sp³-hybridized carbons (Fsp3) is 0.500. The molecule has 1 aromatic heterocycles. The molecule has 3 fully saturated rings. The Hall–Kier alpha value is -3.40. The van der Waals surface area contributed by atoms with Crippen LogP contribution in [-0.2, 0) is 14.3 Å². The van der Waals surface area contributed by atoms with Gasteiger partial charge in [0, 0.05) is 64.0 Å². The number of piperazine rings is 1. The third-order valence-corrected chi connectivity index (χ3v) is 6.78. The minimum absolute atomic E-state index is 0.0133. The zero-order valence-corrected chi connectivity index (χ0v) is 19.4. The molecule has 2 aromatic rings. The summed E-state index contributed by atoms with van der Waals surface area (Å²) in [6, 6.07) is 9.44. The molecular formula is C24H30N6O4. The highest BCUT2D eigenvalue weighted by atomic mass is 16.5. The van der Waals surface area contributed by atoms with E-state index in [-0.39, 0.29) is 24.2 Å². The van der Waals surface area contributed by atoms with Crippen molar-refractivity contribution in [3.63, 3.8) is 0 Å². The summed E-state index contributed by atoms with van der Waals surface area (Å²) in [5, 5.41) is 8.49. The number of benzene rings is 1. The molecule has 3 aliphatic heterocycles. The van der Waals surface area contributed by atoms with E-state index in [2.05, 4.69) is 26.1 Å². The molecule has 34 heavy (non-hydrogen) atoms. The monoisotopic (exact) mass is 466 g/mol. The molecule has 0 spiro atoms. The zero-order chi connectivity index (χ0) is 23.5. The van der Waals surface area contributed by atoms with Gasteiger partial charge in [0.15, 0.2) is 5.82 Å². The quantitative estimate of drug-likeness (QED) is 0.645. The average molecular weight is 467 g/mol. The van der Waals surface area contributed by atoms with Crippen molar-refractivity contribution in [2.75, 3.05) is 80.8 Å². The lowest BCUT2D eigenvalue weighted by molar-refractivity contribution is -0.136. The molecule has 0 radical (unpaired) electrons. The van der Waals surface area contributed by atoms with Crippen LogP contribution in [0.4, 0.5) is 17.2 Å². The Bertz CT molecular complexity index is 1020. The molecule has 1 atom stereocenters. The average Bonchev–Trinajstić information content (AvgIpc) is 3.30. The van der Waals surface area contributed by atoms with Gasteiger partial charge in [-0.25, -0.2) is 0 Å². The van der Waals surface area contributed by atoms with Crippen molar-refractivity contribution in [1.82, 2.24) is 15.1 Å². The number of ether oxygens (including phenoxy) is 2. The van der Waals surface area contributed by atoms with Crippen molar-refractivity contribution >= 4 is 29.0 Å². The lowest BCUT2D eigenvalue weighted by Crippen LogP contribution is -2.50. The number of rotatable bonds is 5. The number of hydrogen-bond donors (Lipinski definition) is 0. The lowest BCUT2D eigenvalue weighted by Gasteiger charge is -2.37. The van der Waals surface area contributed by atoms with Gasteiger partial charge in [0.2, 0.25) is 11.8 Å². The van der Waals surface area contributed by atoms with Gasteiger partial charge >= 0.3 is 0 Å². The summed E-state index contributed by atoms with van der Waals surface area (Å²) in [6.45, 7) is 6.15. The fourth-order valence-electron chi connectivity index (χ4n) is 4.79. The van der Waals surface area contributed by atoms with E-state index in [0.717, 1.165) is 49.1 Å². The van der Waals surface area contributed by atoms with E-state index >= 15 is 0 Å².